The molecule has 0 N–H and O–H groups in total. The van der Waals surface area contributed by atoms with Crippen LogP contribution in [0.1, 0.15) is 21.3 Å². The summed E-state index contributed by atoms with van der Waals surface area (Å²) in [6, 6.07) is 0. The van der Waals surface area contributed by atoms with E-state index in [1.54, 1.807) is 4.90 Å². The van der Waals surface area contributed by atoms with Gasteiger partial charge in [-0.15, -0.1) is 0 Å². The molecule has 0 aromatic rings. The highest BCUT2D eigenvalue weighted by atomic mass is 16.1. The molecule has 0 unspecified atom stereocenters. The molecule has 1 amide bonds. The first-order valence-electron chi connectivity index (χ1n) is 2.54. The van der Waals surface area contributed by atoms with Gasteiger partial charge < -0.3 is 4.90 Å². The summed E-state index contributed by atoms with van der Waals surface area (Å²) in [6.45, 7) is 5.55. The quantitative estimate of drug-likeness (QED) is 0.507. The minimum absolute atomic E-state index is 0. The zero-order valence-corrected chi connectivity index (χ0v) is 4.85. The first kappa shape index (κ1) is 10.5. The van der Waals surface area contributed by atoms with Crippen LogP contribution in [-0.4, -0.2) is 24.4 Å². The second-order valence-corrected chi connectivity index (χ2v) is 1.33. The van der Waals surface area contributed by atoms with E-state index in [1.807, 2.05) is 13.8 Å². The van der Waals surface area contributed by atoms with Crippen molar-refractivity contribution in [3.8, 4) is 0 Å². The highest BCUT2D eigenvalue weighted by Crippen LogP contribution is 1.75. The summed E-state index contributed by atoms with van der Waals surface area (Å²) in [5, 5.41) is 0. The molecule has 0 rings (SSSR count). The van der Waals surface area contributed by atoms with Crippen molar-refractivity contribution in [1.29, 1.82) is 0 Å². The molecule has 0 radical (unpaired) electrons. The zero-order chi connectivity index (χ0) is 5.70. The molecule has 0 aliphatic rings. The molecule has 0 heterocycles. The van der Waals surface area contributed by atoms with E-state index in [0.29, 0.717) is 0 Å². The predicted octanol–water partition coefficient (Wildman–Crippen LogP) is 1.12. The van der Waals surface area contributed by atoms with Crippen molar-refractivity contribution in [3.05, 3.63) is 0 Å². The lowest BCUT2D eigenvalue weighted by Crippen LogP contribution is -2.19. The van der Waals surface area contributed by atoms with Gasteiger partial charge in [0, 0.05) is 13.1 Å². The number of amides is 1. The van der Waals surface area contributed by atoms with Gasteiger partial charge in [0.1, 0.15) is 0 Å². The second kappa shape index (κ2) is 6.47. The van der Waals surface area contributed by atoms with Crippen LogP contribution >= 0.6 is 0 Å². The molecule has 0 atom stereocenters. The summed E-state index contributed by atoms with van der Waals surface area (Å²) >= 11 is 0. The Kier molecular flexibility index (Phi) is 8.45. The Morgan fingerprint density at radius 3 is 1.75 bits per heavy atom. The lowest BCUT2D eigenvalue weighted by atomic mass is 10.6. The summed E-state index contributed by atoms with van der Waals surface area (Å²) < 4.78 is 0. The molecule has 0 saturated carbocycles. The van der Waals surface area contributed by atoms with Gasteiger partial charge >= 0.3 is 0 Å². The summed E-state index contributed by atoms with van der Waals surface area (Å²) in [5.41, 5.74) is 0. The molecule has 2 heteroatoms. The lowest BCUT2D eigenvalue weighted by Gasteiger charge is -2.08. The van der Waals surface area contributed by atoms with Crippen LogP contribution in [0.4, 0.5) is 0 Å². The fourth-order valence-electron chi connectivity index (χ4n) is 0.373. The monoisotopic (exact) mass is 117 g/mol. The van der Waals surface area contributed by atoms with Crippen LogP contribution in [0.2, 0.25) is 0 Å². The van der Waals surface area contributed by atoms with Gasteiger partial charge in [-0.25, -0.2) is 0 Å². The standard InChI is InChI=1S/C5H11NO.CH4/c1-3-6(4-2)5-7;/h5H,3-4H2,1-2H3;1H4. The van der Waals surface area contributed by atoms with Crippen LogP contribution in [0.3, 0.4) is 0 Å². The molecule has 0 spiro atoms. The topological polar surface area (TPSA) is 20.3 Å². The molecule has 2 nitrogen and oxygen atoms in total. The van der Waals surface area contributed by atoms with Crippen LogP contribution in [0, 0.1) is 0 Å². The van der Waals surface area contributed by atoms with E-state index in [4.69, 9.17) is 0 Å². The molecule has 0 fully saturated rings. The van der Waals surface area contributed by atoms with Gasteiger partial charge in [-0.2, -0.15) is 0 Å². The highest BCUT2D eigenvalue weighted by molar-refractivity contribution is 5.46. The minimum atomic E-state index is 0. The first-order chi connectivity index (χ1) is 3.35. The predicted molar refractivity (Wildman–Crippen MR) is 35.7 cm³/mol. The number of carbonyl (C=O) groups excluding carboxylic acids is 1. The minimum Gasteiger partial charge on any atom is -0.346 e. The van der Waals surface area contributed by atoms with Crippen molar-refractivity contribution >= 4 is 6.41 Å². The van der Waals surface area contributed by atoms with Crippen molar-refractivity contribution in [2.45, 2.75) is 21.3 Å². The SMILES string of the molecule is C.CCN(C=O)CC. The third-order valence-corrected chi connectivity index (χ3v) is 0.961. The molecule has 0 saturated heterocycles. The number of hydrogen-bond acceptors (Lipinski definition) is 1. The Morgan fingerprint density at radius 1 is 1.38 bits per heavy atom. The molecular weight excluding hydrogens is 102 g/mol. The van der Waals surface area contributed by atoms with Gasteiger partial charge in [-0.05, 0) is 13.8 Å². The summed E-state index contributed by atoms with van der Waals surface area (Å²) in [4.78, 5) is 11.6. The number of nitrogens with zero attached hydrogens (tertiary/aromatic N) is 1. The summed E-state index contributed by atoms with van der Waals surface area (Å²) in [7, 11) is 0. The lowest BCUT2D eigenvalue weighted by molar-refractivity contribution is -0.117. The number of hydrogen-bond donors (Lipinski definition) is 0. The maximum absolute atomic E-state index is 9.89. The second-order valence-electron chi connectivity index (χ2n) is 1.33. The molecule has 0 bridgehead atoms. The summed E-state index contributed by atoms with van der Waals surface area (Å²) in [5.74, 6) is 0. The normalized spacial score (nSPS) is 7.25. The Balaban J connectivity index is 0. The van der Waals surface area contributed by atoms with E-state index in [0.717, 1.165) is 19.5 Å². The molecule has 8 heavy (non-hydrogen) atoms. The average molecular weight is 117 g/mol. The van der Waals surface area contributed by atoms with Crippen molar-refractivity contribution in [1.82, 2.24) is 4.90 Å². The van der Waals surface area contributed by atoms with E-state index in [9.17, 15) is 4.79 Å². The van der Waals surface area contributed by atoms with Crippen molar-refractivity contribution in [2.75, 3.05) is 13.1 Å². The van der Waals surface area contributed by atoms with Crippen LogP contribution in [0.5, 0.6) is 0 Å². The van der Waals surface area contributed by atoms with Crippen LogP contribution in [-0.2, 0) is 4.79 Å². The van der Waals surface area contributed by atoms with Crippen molar-refractivity contribution in [2.24, 2.45) is 0 Å². The smallest absolute Gasteiger partial charge is 0.209 e. The van der Waals surface area contributed by atoms with E-state index < -0.39 is 0 Å². The maximum Gasteiger partial charge on any atom is 0.209 e. The van der Waals surface area contributed by atoms with Crippen LogP contribution < -0.4 is 0 Å². The van der Waals surface area contributed by atoms with Gasteiger partial charge in [-0.1, -0.05) is 7.43 Å². The van der Waals surface area contributed by atoms with Crippen LogP contribution in [0.15, 0.2) is 0 Å². The van der Waals surface area contributed by atoms with E-state index in [-0.39, 0.29) is 7.43 Å². The average Bonchev–Trinajstić information content (AvgIpc) is 1.72. The molecule has 50 valence electrons. The van der Waals surface area contributed by atoms with Gasteiger partial charge in [0.05, 0.1) is 0 Å². The molecule has 0 aromatic heterocycles. The van der Waals surface area contributed by atoms with Crippen molar-refractivity contribution in [3.63, 3.8) is 0 Å². The zero-order valence-electron chi connectivity index (χ0n) is 4.85. The third kappa shape index (κ3) is 3.65. The van der Waals surface area contributed by atoms with E-state index >= 15 is 0 Å². The Labute approximate surface area is 51.5 Å². The van der Waals surface area contributed by atoms with E-state index in [1.165, 1.54) is 0 Å². The van der Waals surface area contributed by atoms with Crippen LogP contribution in [0.25, 0.3) is 0 Å². The number of rotatable bonds is 3. The molecule has 0 aliphatic carbocycles. The first-order valence-corrected chi connectivity index (χ1v) is 2.54. The third-order valence-electron chi connectivity index (χ3n) is 0.961. The van der Waals surface area contributed by atoms with Gasteiger partial charge in [0.15, 0.2) is 0 Å². The van der Waals surface area contributed by atoms with E-state index in [2.05, 4.69) is 0 Å². The Morgan fingerprint density at radius 2 is 1.75 bits per heavy atom. The van der Waals surface area contributed by atoms with Gasteiger partial charge in [0.25, 0.3) is 0 Å². The van der Waals surface area contributed by atoms with Gasteiger partial charge in [-0.3, -0.25) is 4.79 Å². The highest BCUT2D eigenvalue weighted by Gasteiger charge is 1.87. The fourth-order valence-corrected chi connectivity index (χ4v) is 0.373. The fraction of sp³-hybridized carbons (Fsp3) is 0.833. The summed E-state index contributed by atoms with van der Waals surface area (Å²) in [6.07, 6.45) is 0.861. The Bertz CT molecular complexity index is 50.5. The largest absolute Gasteiger partial charge is 0.346 e. The van der Waals surface area contributed by atoms with Gasteiger partial charge in [0.2, 0.25) is 6.41 Å². The van der Waals surface area contributed by atoms with Crippen molar-refractivity contribution < 1.29 is 4.79 Å². The molecular formula is C6H15NO. The molecule has 0 aliphatic heterocycles. The number of carbonyl (C=O) groups is 1. The molecule has 0 aromatic carbocycles. The maximum atomic E-state index is 9.89. The Hall–Kier alpha value is -0.530.